The van der Waals surface area contributed by atoms with Gasteiger partial charge in [0.1, 0.15) is 0 Å². The average molecular weight is 281 g/mol. The van der Waals surface area contributed by atoms with Crippen LogP contribution in [0.4, 0.5) is 0 Å². The molecule has 1 heterocycles. The Labute approximate surface area is 126 Å². The number of nitrogens with zero attached hydrogens (tertiary/aromatic N) is 1. The molecule has 1 aliphatic carbocycles. The van der Waals surface area contributed by atoms with E-state index < -0.39 is 0 Å². The van der Waals surface area contributed by atoms with Crippen molar-refractivity contribution in [3.05, 3.63) is 0 Å². The first kappa shape index (κ1) is 16.3. The molecule has 2 heteroatoms. The molecule has 0 bridgehead atoms. The van der Waals surface area contributed by atoms with Crippen LogP contribution in [0.25, 0.3) is 0 Å². The normalized spacial score (nSPS) is 30.0. The van der Waals surface area contributed by atoms with Crippen LogP contribution in [0.5, 0.6) is 0 Å². The highest BCUT2D eigenvalue weighted by Gasteiger charge is 2.26. The van der Waals surface area contributed by atoms with Crippen molar-refractivity contribution in [3.8, 4) is 0 Å². The fourth-order valence-corrected chi connectivity index (χ4v) is 4.09. The summed E-state index contributed by atoms with van der Waals surface area (Å²) in [4.78, 5) is 2.67. The highest BCUT2D eigenvalue weighted by atomic mass is 15.1. The van der Waals surface area contributed by atoms with E-state index in [1.54, 1.807) is 0 Å². The minimum absolute atomic E-state index is 0.796. The molecular formula is C18H36N2. The van der Waals surface area contributed by atoms with E-state index in [2.05, 4.69) is 31.0 Å². The average Bonchev–Trinajstić information content (AvgIpc) is 2.46. The summed E-state index contributed by atoms with van der Waals surface area (Å²) in [7, 11) is 0. The van der Waals surface area contributed by atoms with Crippen molar-refractivity contribution in [2.45, 2.75) is 71.8 Å². The fraction of sp³-hybridized carbons (Fsp3) is 1.00. The zero-order valence-electron chi connectivity index (χ0n) is 14.0. The second-order valence-corrected chi connectivity index (χ2v) is 7.63. The minimum atomic E-state index is 0.796. The molecular weight excluding hydrogens is 244 g/mol. The first-order chi connectivity index (χ1) is 9.66. The maximum Gasteiger partial charge on any atom is 0.00977 e. The lowest BCUT2D eigenvalue weighted by molar-refractivity contribution is 0.180. The van der Waals surface area contributed by atoms with Gasteiger partial charge in [0.05, 0.1) is 0 Å². The molecule has 0 aromatic carbocycles. The van der Waals surface area contributed by atoms with Gasteiger partial charge in [-0.15, -0.1) is 0 Å². The van der Waals surface area contributed by atoms with Crippen molar-refractivity contribution in [3.63, 3.8) is 0 Å². The highest BCUT2D eigenvalue weighted by molar-refractivity contribution is 4.83. The Bertz CT molecular complexity index is 256. The van der Waals surface area contributed by atoms with E-state index in [0.29, 0.717) is 0 Å². The Morgan fingerprint density at radius 2 is 1.75 bits per heavy atom. The van der Waals surface area contributed by atoms with E-state index in [4.69, 9.17) is 0 Å². The van der Waals surface area contributed by atoms with Crippen molar-refractivity contribution in [1.82, 2.24) is 10.2 Å². The van der Waals surface area contributed by atoms with Gasteiger partial charge in [-0.2, -0.15) is 0 Å². The van der Waals surface area contributed by atoms with Gasteiger partial charge in [0, 0.05) is 6.04 Å². The molecule has 20 heavy (non-hydrogen) atoms. The van der Waals surface area contributed by atoms with Gasteiger partial charge < -0.3 is 10.2 Å². The molecule has 2 aliphatic rings. The van der Waals surface area contributed by atoms with Crippen LogP contribution in [0.2, 0.25) is 0 Å². The van der Waals surface area contributed by atoms with Gasteiger partial charge in [0.15, 0.2) is 0 Å². The lowest BCUT2D eigenvalue weighted by Crippen LogP contribution is -2.42. The molecule has 1 N–H and O–H groups in total. The first-order valence-electron chi connectivity index (χ1n) is 9.12. The topological polar surface area (TPSA) is 15.3 Å². The van der Waals surface area contributed by atoms with Crippen LogP contribution in [0.15, 0.2) is 0 Å². The van der Waals surface area contributed by atoms with Gasteiger partial charge in [-0.05, 0) is 76.0 Å². The molecule has 0 aromatic rings. The summed E-state index contributed by atoms with van der Waals surface area (Å²) in [6, 6.07) is 0.796. The van der Waals surface area contributed by atoms with Crippen LogP contribution in [0, 0.1) is 17.8 Å². The van der Waals surface area contributed by atoms with E-state index in [9.17, 15) is 0 Å². The van der Waals surface area contributed by atoms with Gasteiger partial charge in [0.25, 0.3) is 0 Å². The van der Waals surface area contributed by atoms with Crippen LogP contribution >= 0.6 is 0 Å². The van der Waals surface area contributed by atoms with Crippen molar-refractivity contribution in [2.24, 2.45) is 17.8 Å². The third kappa shape index (κ3) is 5.04. The summed E-state index contributed by atoms with van der Waals surface area (Å²) < 4.78 is 0. The van der Waals surface area contributed by atoms with Gasteiger partial charge in [0.2, 0.25) is 0 Å². The van der Waals surface area contributed by atoms with Crippen LogP contribution in [0.1, 0.15) is 65.7 Å². The van der Waals surface area contributed by atoms with Gasteiger partial charge in [-0.25, -0.2) is 0 Å². The lowest BCUT2D eigenvalue weighted by atomic mass is 9.78. The number of likely N-dealkylation sites (tertiary alicyclic amines) is 1. The molecule has 0 radical (unpaired) electrons. The molecule has 2 atom stereocenters. The summed E-state index contributed by atoms with van der Waals surface area (Å²) in [6.07, 6.45) is 9.88. The van der Waals surface area contributed by atoms with Crippen LogP contribution in [-0.4, -0.2) is 37.1 Å². The van der Waals surface area contributed by atoms with E-state index >= 15 is 0 Å². The maximum atomic E-state index is 3.87. The second kappa shape index (κ2) is 8.38. The molecule has 2 rings (SSSR count). The Morgan fingerprint density at radius 3 is 2.45 bits per heavy atom. The van der Waals surface area contributed by atoms with E-state index in [-0.39, 0.29) is 0 Å². The lowest BCUT2D eigenvalue weighted by Gasteiger charge is -2.35. The zero-order chi connectivity index (χ0) is 14.4. The van der Waals surface area contributed by atoms with Crippen LogP contribution in [-0.2, 0) is 0 Å². The smallest absolute Gasteiger partial charge is 0.00977 e. The number of piperidine rings is 1. The van der Waals surface area contributed by atoms with Gasteiger partial charge >= 0.3 is 0 Å². The largest absolute Gasteiger partial charge is 0.314 e. The van der Waals surface area contributed by atoms with E-state index in [0.717, 1.165) is 23.8 Å². The Morgan fingerprint density at radius 1 is 1.05 bits per heavy atom. The predicted octanol–water partition coefficient (Wildman–Crippen LogP) is 3.91. The third-order valence-corrected chi connectivity index (χ3v) is 5.61. The molecule has 2 fully saturated rings. The molecule has 2 nitrogen and oxygen atoms in total. The Balaban J connectivity index is 1.60. The minimum Gasteiger partial charge on any atom is -0.314 e. The molecule has 1 aliphatic heterocycles. The van der Waals surface area contributed by atoms with Crippen LogP contribution < -0.4 is 5.32 Å². The molecule has 1 saturated heterocycles. The van der Waals surface area contributed by atoms with Gasteiger partial charge in [-0.1, -0.05) is 33.6 Å². The van der Waals surface area contributed by atoms with Crippen molar-refractivity contribution >= 4 is 0 Å². The quantitative estimate of drug-likeness (QED) is 0.742. The Hall–Kier alpha value is -0.0800. The van der Waals surface area contributed by atoms with Crippen molar-refractivity contribution in [2.75, 3.05) is 26.2 Å². The third-order valence-electron chi connectivity index (χ3n) is 5.61. The highest BCUT2D eigenvalue weighted by Crippen LogP contribution is 2.30. The summed E-state index contributed by atoms with van der Waals surface area (Å²) in [5.41, 5.74) is 0. The van der Waals surface area contributed by atoms with E-state index in [1.165, 1.54) is 71.1 Å². The first-order valence-corrected chi connectivity index (χ1v) is 9.12. The summed E-state index contributed by atoms with van der Waals surface area (Å²) in [5, 5.41) is 3.87. The molecule has 2 unspecified atom stereocenters. The summed E-state index contributed by atoms with van der Waals surface area (Å²) in [6.45, 7) is 12.4. The van der Waals surface area contributed by atoms with Crippen molar-refractivity contribution in [1.29, 1.82) is 0 Å². The zero-order valence-corrected chi connectivity index (χ0v) is 14.0. The fourth-order valence-electron chi connectivity index (χ4n) is 4.09. The van der Waals surface area contributed by atoms with Crippen LogP contribution in [0.3, 0.4) is 0 Å². The number of hydrogen-bond donors (Lipinski definition) is 1. The molecule has 1 saturated carbocycles. The molecule has 0 aromatic heterocycles. The Kier molecular flexibility index (Phi) is 6.83. The monoisotopic (exact) mass is 280 g/mol. The number of rotatable bonds is 6. The van der Waals surface area contributed by atoms with E-state index in [1.807, 2.05) is 0 Å². The SMILES string of the molecule is CC1CCN(CCCNC2CCCCC2C(C)C)CC1. The number of nitrogens with one attached hydrogen (secondary N) is 1. The predicted molar refractivity (Wildman–Crippen MR) is 88.0 cm³/mol. The summed E-state index contributed by atoms with van der Waals surface area (Å²) >= 11 is 0. The second-order valence-electron chi connectivity index (χ2n) is 7.63. The number of hydrogen-bond acceptors (Lipinski definition) is 2. The molecule has 0 spiro atoms. The maximum absolute atomic E-state index is 3.87. The standard InChI is InChI=1S/C18H36N2/c1-15(2)17-7-4-5-8-18(17)19-11-6-12-20-13-9-16(3)10-14-20/h15-19H,4-14H2,1-3H3. The molecule has 0 amide bonds. The summed E-state index contributed by atoms with van der Waals surface area (Å²) in [5.74, 6) is 2.72. The molecule has 118 valence electrons. The van der Waals surface area contributed by atoms with Crippen molar-refractivity contribution < 1.29 is 0 Å². The van der Waals surface area contributed by atoms with Gasteiger partial charge in [-0.3, -0.25) is 0 Å².